The van der Waals surface area contributed by atoms with Gasteiger partial charge in [-0.2, -0.15) is 5.26 Å². The molecule has 7 nitrogen and oxygen atoms in total. The predicted octanol–water partition coefficient (Wildman–Crippen LogP) is 0.412. The van der Waals surface area contributed by atoms with Gasteiger partial charge in [-0.3, -0.25) is 4.79 Å². The molecule has 2 unspecified atom stereocenters. The zero-order valence-electron chi connectivity index (χ0n) is 12.1. The second-order valence-electron chi connectivity index (χ2n) is 5.86. The number of carbonyl (C=O) groups is 1. The van der Waals surface area contributed by atoms with Crippen molar-refractivity contribution in [2.45, 2.75) is 41.1 Å². The van der Waals surface area contributed by atoms with Crippen molar-refractivity contribution >= 4 is 27.3 Å². The number of rotatable bonds is 4. The lowest BCUT2D eigenvalue weighted by molar-refractivity contribution is -0.123. The van der Waals surface area contributed by atoms with Crippen molar-refractivity contribution in [1.82, 2.24) is 15.6 Å². The van der Waals surface area contributed by atoms with Crippen LogP contribution in [0.2, 0.25) is 5.02 Å². The molecule has 0 bridgehead atoms. The number of aromatic nitrogens is 1. The minimum absolute atomic E-state index is 0.0505. The molecule has 1 aromatic rings. The number of halogens is 1. The van der Waals surface area contributed by atoms with Gasteiger partial charge in [0.1, 0.15) is 5.54 Å². The van der Waals surface area contributed by atoms with Gasteiger partial charge < -0.3 is 10.6 Å². The van der Waals surface area contributed by atoms with Gasteiger partial charge in [-0.05, 0) is 31.4 Å². The Morgan fingerprint density at radius 1 is 1.48 bits per heavy atom. The maximum absolute atomic E-state index is 12.5. The molecule has 1 aromatic heterocycles. The molecule has 1 aliphatic carbocycles. The first-order chi connectivity index (χ1) is 10.9. The quantitative estimate of drug-likeness (QED) is 0.810. The van der Waals surface area contributed by atoms with E-state index in [1.54, 1.807) is 0 Å². The molecule has 2 N–H and O–H groups in total. The van der Waals surface area contributed by atoms with Gasteiger partial charge in [-0.15, -0.1) is 0 Å². The second kappa shape index (κ2) is 5.74. The normalized spacial score (nSPS) is 25.6. The van der Waals surface area contributed by atoms with E-state index in [9.17, 15) is 13.2 Å². The molecule has 2 fully saturated rings. The van der Waals surface area contributed by atoms with E-state index >= 15 is 0 Å². The Balaban J connectivity index is 1.68. The Labute approximate surface area is 139 Å². The van der Waals surface area contributed by atoms with E-state index in [0.717, 1.165) is 0 Å². The highest BCUT2D eigenvalue weighted by molar-refractivity contribution is 7.92. The van der Waals surface area contributed by atoms with Crippen LogP contribution in [0, 0.1) is 11.3 Å². The van der Waals surface area contributed by atoms with Crippen LogP contribution in [0.1, 0.15) is 19.3 Å². The monoisotopic (exact) mass is 354 g/mol. The first kappa shape index (κ1) is 16.2. The fraction of sp³-hybridized carbons (Fsp3) is 0.500. The van der Waals surface area contributed by atoms with Crippen LogP contribution in [0.15, 0.2) is 23.4 Å². The van der Waals surface area contributed by atoms with Gasteiger partial charge in [0.15, 0.2) is 14.9 Å². The number of amides is 1. The van der Waals surface area contributed by atoms with Crippen LogP contribution in [-0.2, 0) is 14.6 Å². The van der Waals surface area contributed by atoms with Gasteiger partial charge in [0.25, 0.3) is 0 Å². The average molecular weight is 355 g/mol. The van der Waals surface area contributed by atoms with Crippen molar-refractivity contribution < 1.29 is 13.2 Å². The number of nitrogens with one attached hydrogen (secondary N) is 2. The van der Waals surface area contributed by atoms with Gasteiger partial charge in [-0.25, -0.2) is 13.4 Å². The van der Waals surface area contributed by atoms with Crippen LogP contribution >= 0.6 is 11.6 Å². The molecule has 2 heterocycles. The summed E-state index contributed by atoms with van der Waals surface area (Å²) in [7, 11) is -3.63. The minimum Gasteiger partial charge on any atom is -0.336 e. The molecule has 2 aliphatic rings. The van der Waals surface area contributed by atoms with Crippen molar-refractivity contribution in [2.75, 3.05) is 6.54 Å². The summed E-state index contributed by atoms with van der Waals surface area (Å²) in [5.41, 5.74) is -0.756. The number of nitriles is 1. The summed E-state index contributed by atoms with van der Waals surface area (Å²) in [4.78, 5) is 16.0. The van der Waals surface area contributed by atoms with Gasteiger partial charge in [-0.1, -0.05) is 11.6 Å². The predicted molar refractivity (Wildman–Crippen MR) is 82.3 cm³/mol. The van der Waals surface area contributed by atoms with Gasteiger partial charge in [0, 0.05) is 12.7 Å². The van der Waals surface area contributed by atoms with E-state index in [1.807, 2.05) is 0 Å². The summed E-state index contributed by atoms with van der Waals surface area (Å²) in [5.74, 6) is -0.328. The average Bonchev–Trinajstić information content (AvgIpc) is 3.11. The Hall–Kier alpha value is -1.69. The van der Waals surface area contributed by atoms with E-state index < -0.39 is 26.7 Å². The molecule has 122 valence electrons. The summed E-state index contributed by atoms with van der Waals surface area (Å²) < 4.78 is 25.1. The smallest absolute Gasteiger partial charge is 0.238 e. The molecule has 0 spiro atoms. The van der Waals surface area contributed by atoms with Crippen LogP contribution in [0.4, 0.5) is 0 Å². The largest absolute Gasteiger partial charge is 0.336 e. The van der Waals surface area contributed by atoms with Crippen molar-refractivity contribution in [2.24, 2.45) is 0 Å². The fourth-order valence-electron chi connectivity index (χ4n) is 2.55. The van der Waals surface area contributed by atoms with Gasteiger partial charge >= 0.3 is 0 Å². The third kappa shape index (κ3) is 3.17. The lowest BCUT2D eigenvalue weighted by Crippen LogP contribution is -2.45. The molecule has 1 aliphatic heterocycles. The molecule has 23 heavy (non-hydrogen) atoms. The summed E-state index contributed by atoms with van der Waals surface area (Å²) >= 11 is 5.72. The van der Waals surface area contributed by atoms with Crippen molar-refractivity contribution in [1.29, 1.82) is 5.26 Å². The van der Waals surface area contributed by atoms with Crippen LogP contribution in [0.5, 0.6) is 0 Å². The molecule has 9 heteroatoms. The Morgan fingerprint density at radius 2 is 2.22 bits per heavy atom. The molecule has 1 saturated carbocycles. The van der Waals surface area contributed by atoms with Crippen LogP contribution < -0.4 is 10.6 Å². The highest BCUT2D eigenvalue weighted by Gasteiger charge is 2.47. The molecule has 3 rings (SSSR count). The lowest BCUT2D eigenvalue weighted by Gasteiger charge is -2.14. The number of hydrogen-bond donors (Lipinski definition) is 2. The summed E-state index contributed by atoms with van der Waals surface area (Å²) in [6.45, 7) is 0.171. The summed E-state index contributed by atoms with van der Waals surface area (Å²) in [6, 6.07) is 4.29. The van der Waals surface area contributed by atoms with E-state index in [4.69, 9.17) is 16.9 Å². The Kier molecular flexibility index (Phi) is 4.04. The zero-order chi connectivity index (χ0) is 16.7. The van der Waals surface area contributed by atoms with Gasteiger partial charge in [0.05, 0.1) is 22.4 Å². The van der Waals surface area contributed by atoms with E-state index in [2.05, 4.69) is 21.7 Å². The van der Waals surface area contributed by atoms with Crippen LogP contribution in [-0.4, -0.2) is 42.7 Å². The highest BCUT2D eigenvalue weighted by atomic mass is 35.5. The fourth-order valence-corrected chi connectivity index (χ4v) is 4.23. The first-order valence-corrected chi connectivity index (χ1v) is 9.11. The Morgan fingerprint density at radius 3 is 2.78 bits per heavy atom. The zero-order valence-corrected chi connectivity index (χ0v) is 13.7. The maximum Gasteiger partial charge on any atom is 0.238 e. The van der Waals surface area contributed by atoms with Crippen molar-refractivity contribution in [3.8, 4) is 6.07 Å². The van der Waals surface area contributed by atoms with E-state index in [1.165, 1.54) is 18.3 Å². The minimum atomic E-state index is -3.63. The third-order valence-electron chi connectivity index (χ3n) is 4.16. The number of pyridine rings is 1. The molecule has 2 atom stereocenters. The number of hydrogen-bond acceptors (Lipinski definition) is 6. The van der Waals surface area contributed by atoms with Crippen LogP contribution in [0.25, 0.3) is 0 Å². The highest BCUT2D eigenvalue weighted by Crippen LogP contribution is 2.34. The standard InChI is InChI=1S/C14H15ClN4O3S/c15-9-1-2-12(18-6-9)23(21,22)10-5-11(17-7-10)13(20)19-14(8-16)3-4-14/h1-2,6,10-11,17H,3-5,7H2,(H,19,20). The SMILES string of the molecule is N#CC1(NC(=O)C2CC(S(=O)(=O)c3ccc(Cl)cn3)CN2)CC1. The van der Waals surface area contributed by atoms with Crippen molar-refractivity contribution in [3.63, 3.8) is 0 Å². The van der Waals surface area contributed by atoms with Gasteiger partial charge in [0.2, 0.25) is 5.91 Å². The lowest BCUT2D eigenvalue weighted by atomic mass is 10.2. The maximum atomic E-state index is 12.5. The number of carbonyl (C=O) groups excluding carboxylic acids is 1. The number of nitrogens with zero attached hydrogens (tertiary/aromatic N) is 2. The van der Waals surface area contributed by atoms with E-state index in [0.29, 0.717) is 17.9 Å². The first-order valence-electron chi connectivity index (χ1n) is 7.18. The molecule has 1 saturated heterocycles. The Bertz CT molecular complexity index is 768. The summed E-state index contributed by atoms with van der Waals surface area (Å²) in [6.07, 6.45) is 2.71. The molecular formula is C14H15ClN4O3S. The third-order valence-corrected chi connectivity index (χ3v) is 6.45. The molecule has 0 aromatic carbocycles. The van der Waals surface area contributed by atoms with Crippen LogP contribution in [0.3, 0.4) is 0 Å². The molecular weight excluding hydrogens is 340 g/mol. The topological polar surface area (TPSA) is 112 Å². The molecule has 1 amide bonds. The number of sulfone groups is 1. The van der Waals surface area contributed by atoms with E-state index in [-0.39, 0.29) is 23.9 Å². The van der Waals surface area contributed by atoms with Crippen molar-refractivity contribution in [3.05, 3.63) is 23.4 Å². The molecule has 0 radical (unpaired) electrons. The summed E-state index contributed by atoms with van der Waals surface area (Å²) in [5, 5.41) is 14.2. The second-order valence-corrected chi connectivity index (χ2v) is 8.47.